The molecule has 0 aliphatic carbocycles. The highest BCUT2D eigenvalue weighted by atomic mass is 32.1. The molecule has 1 N–H and O–H groups in total. The molecule has 10 nitrogen and oxygen atoms in total. The summed E-state index contributed by atoms with van der Waals surface area (Å²) in [6.07, 6.45) is 1.63. The maximum Gasteiger partial charge on any atom is 0.414 e. The summed E-state index contributed by atoms with van der Waals surface area (Å²) in [5, 5.41) is 13.7. The van der Waals surface area contributed by atoms with Gasteiger partial charge in [0, 0.05) is 49.7 Å². The monoisotopic (exact) mass is 583 g/mol. The first-order valence-corrected chi connectivity index (χ1v) is 13.8. The first kappa shape index (κ1) is 28.2. The van der Waals surface area contributed by atoms with Gasteiger partial charge in [-0.05, 0) is 48.0 Å². The zero-order valence-electron chi connectivity index (χ0n) is 21.9. The number of amides is 2. The zero-order chi connectivity index (χ0) is 28.9. The lowest BCUT2D eigenvalue weighted by atomic mass is 10.2. The van der Waals surface area contributed by atoms with Crippen LogP contribution in [0.1, 0.15) is 10.4 Å². The third-order valence-electron chi connectivity index (χ3n) is 6.84. The molecule has 2 saturated heterocycles. The molecule has 2 fully saturated rings. The van der Waals surface area contributed by atoms with E-state index in [0.29, 0.717) is 49.7 Å². The van der Waals surface area contributed by atoms with Gasteiger partial charge in [-0.2, -0.15) is 0 Å². The Hall–Kier alpha value is -4.36. The third kappa shape index (κ3) is 7.05. The summed E-state index contributed by atoms with van der Waals surface area (Å²) in [6, 6.07) is 13.6. The van der Waals surface area contributed by atoms with Gasteiger partial charge in [0.05, 0.1) is 29.4 Å². The molecule has 2 aliphatic heterocycles. The van der Waals surface area contributed by atoms with Gasteiger partial charge in [0.25, 0.3) is 0 Å². The van der Waals surface area contributed by atoms with E-state index in [1.807, 2.05) is 4.90 Å². The Morgan fingerprint density at radius 3 is 2.54 bits per heavy atom. The maximum absolute atomic E-state index is 15.2. The highest BCUT2D eigenvalue weighted by Crippen LogP contribution is 2.29. The number of rotatable bonds is 9. The van der Waals surface area contributed by atoms with E-state index in [1.54, 1.807) is 36.4 Å². The molecule has 2 aromatic carbocycles. The van der Waals surface area contributed by atoms with Crippen molar-refractivity contribution in [3.63, 3.8) is 0 Å². The molecular weight excluding hydrogens is 556 g/mol. The average Bonchev–Trinajstić information content (AvgIpc) is 3.58. The first-order chi connectivity index (χ1) is 19.7. The number of nitrogens with zero attached hydrogens (tertiary/aromatic N) is 4. The number of carbonyl (C=O) groups excluding carboxylic acids is 2. The van der Waals surface area contributed by atoms with Crippen molar-refractivity contribution in [2.24, 2.45) is 0 Å². The molecule has 0 saturated carbocycles. The SMILES string of the molecule is O=C(/C=C/c1ccc(F)cc1)NCC1CN(c2ccc(N3CCN(Cc4ccc([N+](=O)[O-])s4)CC3)c(F)c2)C(=O)O1. The van der Waals surface area contributed by atoms with Crippen LogP contribution in [0.25, 0.3) is 6.08 Å². The zero-order valence-corrected chi connectivity index (χ0v) is 22.7. The lowest BCUT2D eigenvalue weighted by Crippen LogP contribution is -2.46. The number of piperazine rings is 1. The van der Waals surface area contributed by atoms with Gasteiger partial charge in [-0.15, -0.1) is 0 Å². The van der Waals surface area contributed by atoms with Crippen LogP contribution >= 0.6 is 11.3 Å². The summed E-state index contributed by atoms with van der Waals surface area (Å²) in [7, 11) is 0. The Labute approximate surface area is 238 Å². The molecule has 5 rings (SSSR count). The van der Waals surface area contributed by atoms with E-state index < -0.39 is 28.8 Å². The van der Waals surface area contributed by atoms with Crippen LogP contribution < -0.4 is 15.1 Å². The van der Waals surface area contributed by atoms with Crippen molar-refractivity contribution in [3.05, 3.63) is 92.9 Å². The van der Waals surface area contributed by atoms with Gasteiger partial charge in [-0.1, -0.05) is 23.5 Å². The fourth-order valence-corrected chi connectivity index (χ4v) is 5.56. The Morgan fingerprint density at radius 2 is 1.85 bits per heavy atom. The number of nitrogens with one attached hydrogen (secondary N) is 1. The van der Waals surface area contributed by atoms with Crippen molar-refractivity contribution in [3.8, 4) is 0 Å². The molecule has 41 heavy (non-hydrogen) atoms. The minimum atomic E-state index is -0.624. The molecule has 0 spiro atoms. The van der Waals surface area contributed by atoms with E-state index in [1.165, 1.54) is 35.2 Å². The molecule has 2 aliphatic rings. The fraction of sp³-hybridized carbons (Fsp3) is 0.286. The lowest BCUT2D eigenvalue weighted by Gasteiger charge is -2.36. The van der Waals surface area contributed by atoms with Gasteiger partial charge >= 0.3 is 11.1 Å². The van der Waals surface area contributed by atoms with Crippen molar-refractivity contribution in [1.29, 1.82) is 0 Å². The maximum atomic E-state index is 15.2. The van der Waals surface area contributed by atoms with Gasteiger partial charge in [0.1, 0.15) is 17.7 Å². The van der Waals surface area contributed by atoms with E-state index >= 15 is 4.39 Å². The van der Waals surface area contributed by atoms with Crippen molar-refractivity contribution in [2.45, 2.75) is 12.6 Å². The predicted molar refractivity (Wildman–Crippen MR) is 151 cm³/mol. The van der Waals surface area contributed by atoms with Crippen molar-refractivity contribution in [2.75, 3.05) is 49.1 Å². The quantitative estimate of drug-likeness (QED) is 0.226. The van der Waals surface area contributed by atoms with E-state index in [0.717, 1.165) is 16.2 Å². The summed E-state index contributed by atoms with van der Waals surface area (Å²) >= 11 is 1.16. The summed E-state index contributed by atoms with van der Waals surface area (Å²) in [6.45, 7) is 3.38. The Morgan fingerprint density at radius 1 is 1.10 bits per heavy atom. The molecule has 214 valence electrons. The molecule has 2 amide bonds. The van der Waals surface area contributed by atoms with Gasteiger partial charge < -0.3 is 15.0 Å². The number of thiophene rings is 1. The van der Waals surface area contributed by atoms with E-state index in [9.17, 15) is 24.1 Å². The molecule has 0 radical (unpaired) electrons. The van der Waals surface area contributed by atoms with Crippen molar-refractivity contribution < 1.29 is 28.0 Å². The summed E-state index contributed by atoms with van der Waals surface area (Å²) in [4.78, 5) is 41.5. The second kappa shape index (κ2) is 12.4. The standard InChI is InChI=1S/C28H27F2N5O5S/c29-20-4-1-19(2-5-20)3-9-26(36)31-16-22-17-34(28(37)40-22)21-6-8-25(24(30)15-21)33-13-11-32(12-14-33)18-23-7-10-27(41-23)35(38)39/h1-10,15,22H,11-14,16-18H2,(H,31,36)/b9-3+. The van der Waals surface area contributed by atoms with E-state index in [2.05, 4.69) is 10.2 Å². The molecule has 1 unspecified atom stereocenters. The topological polar surface area (TPSA) is 108 Å². The minimum absolute atomic E-state index is 0.0818. The highest BCUT2D eigenvalue weighted by molar-refractivity contribution is 7.15. The number of benzene rings is 2. The number of nitro groups is 1. The van der Waals surface area contributed by atoms with Crippen LogP contribution in [0.15, 0.2) is 60.7 Å². The Balaban J connectivity index is 1.11. The molecule has 13 heteroatoms. The molecule has 1 atom stereocenters. The highest BCUT2D eigenvalue weighted by Gasteiger charge is 2.33. The second-order valence-corrected chi connectivity index (χ2v) is 10.8. The van der Waals surface area contributed by atoms with Crippen LogP contribution in [0.5, 0.6) is 0 Å². The van der Waals surface area contributed by atoms with Crippen LogP contribution in [0.3, 0.4) is 0 Å². The summed E-state index contributed by atoms with van der Waals surface area (Å²) < 4.78 is 33.5. The van der Waals surface area contributed by atoms with Crippen LogP contribution in [-0.2, 0) is 16.1 Å². The van der Waals surface area contributed by atoms with Crippen LogP contribution in [0.4, 0.5) is 30.0 Å². The van der Waals surface area contributed by atoms with Crippen molar-refractivity contribution in [1.82, 2.24) is 10.2 Å². The molecule has 3 aromatic rings. The van der Waals surface area contributed by atoms with Crippen LogP contribution in [-0.4, -0.2) is 67.2 Å². The summed E-state index contributed by atoms with van der Waals surface area (Å²) in [5.41, 5.74) is 1.46. The normalized spacial score (nSPS) is 17.7. The third-order valence-corrected chi connectivity index (χ3v) is 7.86. The molecule has 0 bridgehead atoms. The molecule has 1 aromatic heterocycles. The lowest BCUT2D eigenvalue weighted by molar-refractivity contribution is -0.380. The largest absolute Gasteiger partial charge is 0.442 e. The van der Waals surface area contributed by atoms with Crippen molar-refractivity contribution >= 4 is 45.8 Å². The minimum Gasteiger partial charge on any atom is -0.442 e. The molecular formula is C28H27F2N5O5S. The van der Waals surface area contributed by atoms with Crippen LogP contribution in [0, 0.1) is 21.7 Å². The van der Waals surface area contributed by atoms with Gasteiger partial charge in [-0.25, -0.2) is 13.6 Å². The van der Waals surface area contributed by atoms with Gasteiger partial charge in [-0.3, -0.25) is 24.7 Å². The Bertz CT molecular complexity index is 1460. The average molecular weight is 584 g/mol. The number of ether oxygens (including phenoxy) is 1. The smallest absolute Gasteiger partial charge is 0.414 e. The van der Waals surface area contributed by atoms with E-state index in [-0.39, 0.29) is 23.9 Å². The summed E-state index contributed by atoms with van der Waals surface area (Å²) in [5.74, 6) is -1.22. The predicted octanol–water partition coefficient (Wildman–Crippen LogP) is 4.41. The van der Waals surface area contributed by atoms with E-state index in [4.69, 9.17) is 4.74 Å². The van der Waals surface area contributed by atoms with Gasteiger partial charge in [0.15, 0.2) is 0 Å². The fourth-order valence-electron chi connectivity index (χ4n) is 4.69. The number of hydrogen-bond acceptors (Lipinski definition) is 8. The molecule has 3 heterocycles. The number of cyclic esters (lactones) is 1. The number of hydrogen-bond donors (Lipinski definition) is 1. The first-order valence-electron chi connectivity index (χ1n) is 12.9. The number of anilines is 2. The number of carbonyl (C=O) groups is 2. The Kier molecular flexibility index (Phi) is 8.55. The van der Waals surface area contributed by atoms with Crippen LogP contribution in [0.2, 0.25) is 0 Å². The second-order valence-electron chi connectivity index (χ2n) is 9.64. The van der Waals surface area contributed by atoms with Gasteiger partial charge in [0.2, 0.25) is 5.91 Å². The number of halogens is 2.